The van der Waals surface area contributed by atoms with Gasteiger partial charge in [0.05, 0.1) is 0 Å². The van der Waals surface area contributed by atoms with Crippen LogP contribution in [0.2, 0.25) is 0 Å². The minimum Gasteiger partial charge on any atom is -0.328 e. The zero-order chi connectivity index (χ0) is 13.8. The number of rotatable bonds is 1. The van der Waals surface area contributed by atoms with Crippen LogP contribution >= 0.6 is 0 Å². The quantitative estimate of drug-likeness (QED) is 0.748. The summed E-state index contributed by atoms with van der Waals surface area (Å²) in [5.74, 6) is 7.54. The second-order valence-electron chi connectivity index (χ2n) is 7.75. The molecule has 10 atom stereocenters. The predicted molar refractivity (Wildman–Crippen MR) is 79.1 cm³/mol. The summed E-state index contributed by atoms with van der Waals surface area (Å²) in [5, 5.41) is 0. The maximum Gasteiger partial charge on any atom is 0.00442 e. The molecule has 2 N–H and O–H groups in total. The van der Waals surface area contributed by atoms with Crippen molar-refractivity contribution in [2.45, 2.75) is 54.5 Å². The van der Waals surface area contributed by atoms with Crippen LogP contribution in [0.15, 0.2) is 0 Å². The van der Waals surface area contributed by atoms with E-state index in [1.54, 1.807) is 0 Å². The molecule has 0 spiro atoms. The zero-order valence-electron chi connectivity index (χ0n) is 13.4. The third kappa shape index (κ3) is 1.85. The molecule has 1 nitrogen and oxygen atoms in total. The Labute approximate surface area is 114 Å². The van der Waals surface area contributed by atoms with Crippen LogP contribution in [-0.2, 0) is 0 Å². The van der Waals surface area contributed by atoms with E-state index >= 15 is 0 Å². The van der Waals surface area contributed by atoms with Crippen LogP contribution in [0.4, 0.5) is 0 Å². The van der Waals surface area contributed by atoms with E-state index in [2.05, 4.69) is 48.5 Å². The van der Waals surface area contributed by atoms with E-state index in [0.29, 0.717) is 6.04 Å². The maximum atomic E-state index is 6.35. The lowest BCUT2D eigenvalue weighted by Crippen LogP contribution is -2.45. The standard InChI is InChI=1S/C17H33N/c1-8-9(2)11(4)17-15(10(8)3)12(5)13(6)16(17)14(7)18/h8-17H,18H2,1-7H3. The minimum atomic E-state index is 0.354. The van der Waals surface area contributed by atoms with Gasteiger partial charge in [-0.05, 0) is 60.2 Å². The van der Waals surface area contributed by atoms with E-state index in [1.807, 2.05) is 0 Å². The molecule has 2 rings (SSSR count). The van der Waals surface area contributed by atoms with Crippen LogP contribution < -0.4 is 5.73 Å². The predicted octanol–water partition coefficient (Wildman–Crippen LogP) is 4.03. The average Bonchev–Trinajstić information content (AvgIpc) is 2.57. The Hall–Kier alpha value is -0.0400. The Morgan fingerprint density at radius 2 is 1.00 bits per heavy atom. The monoisotopic (exact) mass is 251 g/mol. The van der Waals surface area contributed by atoms with Crippen molar-refractivity contribution in [2.24, 2.45) is 59.0 Å². The van der Waals surface area contributed by atoms with Crippen LogP contribution in [0.1, 0.15) is 48.5 Å². The van der Waals surface area contributed by atoms with Crippen molar-refractivity contribution in [3.63, 3.8) is 0 Å². The van der Waals surface area contributed by atoms with Gasteiger partial charge in [-0.25, -0.2) is 0 Å². The Balaban J connectivity index is 2.37. The van der Waals surface area contributed by atoms with Gasteiger partial charge in [0.2, 0.25) is 0 Å². The van der Waals surface area contributed by atoms with E-state index in [9.17, 15) is 0 Å². The normalized spacial score (nSPS) is 58.3. The Morgan fingerprint density at radius 3 is 1.44 bits per heavy atom. The summed E-state index contributed by atoms with van der Waals surface area (Å²) in [7, 11) is 0. The summed E-state index contributed by atoms with van der Waals surface area (Å²) >= 11 is 0. The van der Waals surface area contributed by atoms with Crippen molar-refractivity contribution in [2.75, 3.05) is 0 Å². The van der Waals surface area contributed by atoms with Gasteiger partial charge in [-0.15, -0.1) is 0 Å². The third-order valence-electron chi connectivity index (χ3n) is 7.24. The summed E-state index contributed by atoms with van der Waals surface area (Å²) in [5.41, 5.74) is 6.35. The average molecular weight is 251 g/mol. The second kappa shape index (κ2) is 4.81. The first-order chi connectivity index (χ1) is 8.29. The Kier molecular flexibility index (Phi) is 3.84. The highest BCUT2D eigenvalue weighted by Crippen LogP contribution is 2.59. The van der Waals surface area contributed by atoms with Gasteiger partial charge in [0, 0.05) is 6.04 Å². The van der Waals surface area contributed by atoms with Crippen LogP contribution in [-0.4, -0.2) is 6.04 Å². The van der Waals surface area contributed by atoms with Crippen molar-refractivity contribution < 1.29 is 0 Å². The van der Waals surface area contributed by atoms with Crippen molar-refractivity contribution in [3.05, 3.63) is 0 Å². The number of hydrogen-bond donors (Lipinski definition) is 1. The third-order valence-corrected chi connectivity index (χ3v) is 7.24. The van der Waals surface area contributed by atoms with Crippen molar-refractivity contribution >= 4 is 0 Å². The SMILES string of the molecule is CC(N)C1C(C)C(C)C2C(C)C(C)C(C)C(C)C12. The van der Waals surface area contributed by atoms with Gasteiger partial charge in [-0.3, -0.25) is 0 Å². The van der Waals surface area contributed by atoms with Crippen LogP contribution in [0, 0.1) is 53.3 Å². The molecule has 0 heterocycles. The molecule has 18 heavy (non-hydrogen) atoms. The van der Waals surface area contributed by atoms with E-state index in [4.69, 9.17) is 5.73 Å². The summed E-state index contributed by atoms with van der Waals surface area (Å²) in [6, 6.07) is 0.354. The first-order valence-corrected chi connectivity index (χ1v) is 8.04. The number of hydrogen-bond acceptors (Lipinski definition) is 1. The summed E-state index contributed by atoms with van der Waals surface area (Å²) in [6.45, 7) is 17.1. The molecule has 0 amide bonds. The van der Waals surface area contributed by atoms with Gasteiger partial charge >= 0.3 is 0 Å². The summed E-state index contributed by atoms with van der Waals surface area (Å²) < 4.78 is 0. The molecule has 0 saturated heterocycles. The topological polar surface area (TPSA) is 26.0 Å². The highest BCUT2D eigenvalue weighted by atomic mass is 14.7. The Morgan fingerprint density at radius 1 is 0.611 bits per heavy atom. The van der Waals surface area contributed by atoms with Crippen molar-refractivity contribution in [1.82, 2.24) is 0 Å². The molecule has 10 unspecified atom stereocenters. The molecule has 0 aromatic rings. The van der Waals surface area contributed by atoms with Gasteiger partial charge < -0.3 is 5.73 Å². The zero-order valence-corrected chi connectivity index (χ0v) is 13.4. The molecule has 1 heteroatoms. The van der Waals surface area contributed by atoms with Crippen LogP contribution in [0.3, 0.4) is 0 Å². The van der Waals surface area contributed by atoms with Gasteiger partial charge in [-0.2, -0.15) is 0 Å². The Bertz CT molecular complexity index is 298. The molecule has 0 radical (unpaired) electrons. The van der Waals surface area contributed by atoms with Crippen molar-refractivity contribution in [1.29, 1.82) is 0 Å². The van der Waals surface area contributed by atoms with E-state index in [-0.39, 0.29) is 0 Å². The lowest BCUT2D eigenvalue weighted by molar-refractivity contribution is -0.00307. The first kappa shape index (κ1) is 14.4. The molecule has 106 valence electrons. The fraction of sp³-hybridized carbons (Fsp3) is 1.00. The van der Waals surface area contributed by atoms with Gasteiger partial charge in [-0.1, -0.05) is 41.5 Å². The highest BCUT2D eigenvalue weighted by molar-refractivity contribution is 5.04. The highest BCUT2D eigenvalue weighted by Gasteiger charge is 2.55. The molecular formula is C17H33N. The molecule has 2 aliphatic rings. The molecule has 2 aliphatic carbocycles. The van der Waals surface area contributed by atoms with E-state index in [0.717, 1.165) is 53.3 Å². The second-order valence-corrected chi connectivity index (χ2v) is 7.75. The van der Waals surface area contributed by atoms with Gasteiger partial charge in [0.25, 0.3) is 0 Å². The maximum absolute atomic E-state index is 6.35. The fourth-order valence-electron chi connectivity index (χ4n) is 5.68. The van der Waals surface area contributed by atoms with E-state index in [1.165, 1.54) is 0 Å². The van der Waals surface area contributed by atoms with Crippen LogP contribution in [0.5, 0.6) is 0 Å². The fourth-order valence-corrected chi connectivity index (χ4v) is 5.68. The summed E-state index contributed by atoms with van der Waals surface area (Å²) in [6.07, 6.45) is 0. The lowest BCUT2D eigenvalue weighted by Gasteiger charge is -2.48. The lowest BCUT2D eigenvalue weighted by atomic mass is 9.57. The van der Waals surface area contributed by atoms with Crippen LogP contribution in [0.25, 0.3) is 0 Å². The minimum absolute atomic E-state index is 0.354. The molecular weight excluding hydrogens is 218 g/mol. The molecule has 2 saturated carbocycles. The first-order valence-electron chi connectivity index (χ1n) is 8.04. The molecule has 2 fully saturated rings. The number of nitrogens with two attached hydrogens (primary N) is 1. The summed E-state index contributed by atoms with van der Waals surface area (Å²) in [4.78, 5) is 0. The number of fused-ring (bicyclic) bond motifs is 1. The van der Waals surface area contributed by atoms with E-state index < -0.39 is 0 Å². The largest absolute Gasteiger partial charge is 0.328 e. The molecule has 0 bridgehead atoms. The molecule has 0 aromatic carbocycles. The van der Waals surface area contributed by atoms with Gasteiger partial charge in [0.15, 0.2) is 0 Å². The van der Waals surface area contributed by atoms with Crippen molar-refractivity contribution in [3.8, 4) is 0 Å². The molecule has 0 aliphatic heterocycles. The smallest absolute Gasteiger partial charge is 0.00442 e. The molecule has 0 aromatic heterocycles. The van der Waals surface area contributed by atoms with Gasteiger partial charge in [0.1, 0.15) is 0 Å².